The van der Waals surface area contributed by atoms with Crippen molar-refractivity contribution < 1.29 is 4.74 Å². The number of nitrogens with two attached hydrogens (primary N) is 1. The number of nitrogens with zero attached hydrogens (tertiary/aromatic N) is 3. The Morgan fingerprint density at radius 3 is 2.22 bits per heavy atom. The first-order valence-electron chi connectivity index (χ1n) is 9.23. The smallest absolute Gasteiger partial charge is 0.205 e. The number of nitriles is 1. The van der Waals surface area contributed by atoms with E-state index in [4.69, 9.17) is 10.5 Å². The second-order valence-electron chi connectivity index (χ2n) is 6.81. The molecule has 1 atom stereocenters. The number of rotatable bonds is 5. The Bertz CT molecular complexity index is 890. The van der Waals surface area contributed by atoms with Gasteiger partial charge in [0.2, 0.25) is 5.88 Å². The van der Waals surface area contributed by atoms with Gasteiger partial charge in [0.25, 0.3) is 0 Å². The van der Waals surface area contributed by atoms with Crippen LogP contribution in [0.15, 0.2) is 53.9 Å². The standard InChI is InChI=1S/C22H26N4O/c1-5-26(6-2)17-11-12-18-20(13-17)27-22(24)19(14-23)21(18)15-7-9-16(10-8-15)25(3)4/h7-13,21H,5-6,24H2,1-4H3. The van der Waals surface area contributed by atoms with Gasteiger partial charge in [-0.1, -0.05) is 18.2 Å². The Labute approximate surface area is 161 Å². The molecular weight excluding hydrogens is 336 g/mol. The molecule has 140 valence electrons. The van der Waals surface area contributed by atoms with Gasteiger partial charge >= 0.3 is 0 Å². The van der Waals surface area contributed by atoms with Crippen molar-refractivity contribution in [2.75, 3.05) is 37.0 Å². The monoisotopic (exact) mass is 362 g/mol. The zero-order valence-corrected chi connectivity index (χ0v) is 16.4. The highest BCUT2D eigenvalue weighted by Gasteiger charge is 2.31. The number of anilines is 2. The van der Waals surface area contributed by atoms with E-state index in [-0.39, 0.29) is 11.8 Å². The lowest BCUT2D eigenvalue weighted by Crippen LogP contribution is -2.24. The van der Waals surface area contributed by atoms with E-state index in [1.807, 2.05) is 25.1 Å². The maximum atomic E-state index is 9.70. The first kappa shape index (κ1) is 18.7. The van der Waals surface area contributed by atoms with E-state index in [1.54, 1.807) is 0 Å². The first-order valence-corrected chi connectivity index (χ1v) is 9.23. The average Bonchev–Trinajstić information content (AvgIpc) is 2.67. The molecular formula is C22H26N4O. The molecule has 0 saturated heterocycles. The first-order chi connectivity index (χ1) is 13.0. The molecule has 1 unspecified atom stereocenters. The Balaban J connectivity index is 2.09. The highest BCUT2D eigenvalue weighted by atomic mass is 16.5. The van der Waals surface area contributed by atoms with Crippen molar-refractivity contribution >= 4 is 11.4 Å². The van der Waals surface area contributed by atoms with Crippen molar-refractivity contribution in [2.45, 2.75) is 19.8 Å². The van der Waals surface area contributed by atoms with E-state index in [9.17, 15) is 5.26 Å². The summed E-state index contributed by atoms with van der Waals surface area (Å²) < 4.78 is 5.83. The molecule has 27 heavy (non-hydrogen) atoms. The maximum absolute atomic E-state index is 9.70. The SMILES string of the molecule is CCN(CC)c1ccc2c(c1)OC(N)=C(C#N)C2c1ccc(N(C)C)cc1. The largest absolute Gasteiger partial charge is 0.440 e. The van der Waals surface area contributed by atoms with Gasteiger partial charge < -0.3 is 20.3 Å². The Morgan fingerprint density at radius 2 is 1.67 bits per heavy atom. The normalized spacial score (nSPS) is 15.6. The van der Waals surface area contributed by atoms with Crippen molar-refractivity contribution in [3.8, 4) is 11.8 Å². The minimum Gasteiger partial charge on any atom is -0.440 e. The lowest BCUT2D eigenvalue weighted by molar-refractivity contribution is 0.393. The molecule has 1 heterocycles. The van der Waals surface area contributed by atoms with Crippen LogP contribution in [0.3, 0.4) is 0 Å². The number of hydrogen-bond acceptors (Lipinski definition) is 5. The van der Waals surface area contributed by atoms with Crippen LogP contribution >= 0.6 is 0 Å². The van der Waals surface area contributed by atoms with Crippen molar-refractivity contribution in [1.82, 2.24) is 0 Å². The van der Waals surface area contributed by atoms with Crippen LogP contribution in [0.1, 0.15) is 30.9 Å². The number of ether oxygens (including phenoxy) is 1. The van der Waals surface area contributed by atoms with Gasteiger partial charge in [0.15, 0.2) is 0 Å². The summed E-state index contributed by atoms with van der Waals surface area (Å²) in [6.45, 7) is 6.08. The van der Waals surface area contributed by atoms with E-state index in [0.29, 0.717) is 5.57 Å². The lowest BCUT2D eigenvalue weighted by Gasteiger charge is -2.29. The van der Waals surface area contributed by atoms with Gasteiger partial charge in [-0.15, -0.1) is 0 Å². The summed E-state index contributed by atoms with van der Waals surface area (Å²) in [7, 11) is 4.01. The van der Waals surface area contributed by atoms with E-state index >= 15 is 0 Å². The summed E-state index contributed by atoms with van der Waals surface area (Å²) in [5, 5.41) is 9.70. The molecule has 1 aliphatic heterocycles. The van der Waals surface area contributed by atoms with E-state index in [2.05, 4.69) is 61.2 Å². The second kappa shape index (κ2) is 7.63. The second-order valence-corrected chi connectivity index (χ2v) is 6.81. The summed E-state index contributed by atoms with van der Waals surface area (Å²) >= 11 is 0. The van der Waals surface area contributed by atoms with Crippen molar-refractivity contribution in [1.29, 1.82) is 5.26 Å². The predicted octanol–water partition coefficient (Wildman–Crippen LogP) is 3.82. The van der Waals surface area contributed by atoms with Crippen LogP contribution in [0.5, 0.6) is 5.75 Å². The zero-order chi connectivity index (χ0) is 19.6. The van der Waals surface area contributed by atoms with Gasteiger partial charge in [-0.25, -0.2) is 0 Å². The summed E-state index contributed by atoms with van der Waals surface area (Å²) in [5.41, 5.74) is 10.8. The predicted molar refractivity (Wildman–Crippen MR) is 110 cm³/mol. The Hall–Kier alpha value is -3.13. The van der Waals surface area contributed by atoms with Crippen LogP contribution in [0.25, 0.3) is 0 Å². The molecule has 1 aliphatic rings. The highest BCUT2D eigenvalue weighted by Crippen LogP contribution is 2.43. The summed E-state index contributed by atoms with van der Waals surface area (Å²) in [6.07, 6.45) is 0. The molecule has 5 nitrogen and oxygen atoms in total. The molecule has 2 aromatic rings. The quantitative estimate of drug-likeness (QED) is 0.876. The third kappa shape index (κ3) is 3.43. The molecule has 0 bridgehead atoms. The zero-order valence-electron chi connectivity index (χ0n) is 16.4. The third-order valence-corrected chi connectivity index (χ3v) is 5.07. The molecule has 2 aromatic carbocycles. The maximum Gasteiger partial charge on any atom is 0.205 e. The van der Waals surface area contributed by atoms with Gasteiger partial charge in [0.1, 0.15) is 17.4 Å². The van der Waals surface area contributed by atoms with Gasteiger partial charge in [-0.2, -0.15) is 5.26 Å². The summed E-state index contributed by atoms with van der Waals surface area (Å²) in [6, 6.07) is 16.6. The van der Waals surface area contributed by atoms with Crippen LogP contribution < -0.4 is 20.3 Å². The van der Waals surface area contributed by atoms with Crippen molar-refractivity contribution in [3.63, 3.8) is 0 Å². The van der Waals surface area contributed by atoms with E-state index in [1.165, 1.54) is 0 Å². The molecule has 5 heteroatoms. The van der Waals surface area contributed by atoms with Gasteiger partial charge in [0, 0.05) is 50.2 Å². The van der Waals surface area contributed by atoms with Crippen LogP contribution in [-0.2, 0) is 0 Å². The van der Waals surface area contributed by atoms with E-state index in [0.717, 1.165) is 41.3 Å². The van der Waals surface area contributed by atoms with Crippen molar-refractivity contribution in [3.05, 3.63) is 65.0 Å². The fraction of sp³-hybridized carbons (Fsp3) is 0.318. The molecule has 0 radical (unpaired) electrons. The highest BCUT2D eigenvalue weighted by molar-refractivity contribution is 5.62. The molecule has 0 amide bonds. The Morgan fingerprint density at radius 1 is 1.04 bits per heavy atom. The number of allylic oxidation sites excluding steroid dienone is 1. The topological polar surface area (TPSA) is 65.5 Å². The minimum absolute atomic E-state index is 0.184. The number of hydrogen-bond donors (Lipinski definition) is 1. The van der Waals surface area contributed by atoms with Crippen molar-refractivity contribution in [2.24, 2.45) is 5.73 Å². The molecule has 0 saturated carbocycles. The van der Waals surface area contributed by atoms with Crippen LogP contribution in [0.4, 0.5) is 11.4 Å². The number of benzene rings is 2. The van der Waals surface area contributed by atoms with Gasteiger partial charge in [-0.05, 0) is 37.6 Å². The third-order valence-electron chi connectivity index (χ3n) is 5.07. The summed E-state index contributed by atoms with van der Waals surface area (Å²) in [4.78, 5) is 4.30. The molecule has 2 N–H and O–H groups in total. The summed E-state index contributed by atoms with van der Waals surface area (Å²) in [5.74, 6) is 0.682. The Kier molecular flexibility index (Phi) is 5.27. The molecule has 0 aromatic heterocycles. The van der Waals surface area contributed by atoms with Crippen LogP contribution in [0.2, 0.25) is 0 Å². The van der Waals surface area contributed by atoms with E-state index < -0.39 is 0 Å². The molecule has 0 spiro atoms. The fourth-order valence-corrected chi connectivity index (χ4v) is 3.54. The van der Waals surface area contributed by atoms with Gasteiger partial charge in [0.05, 0.1) is 5.92 Å². The lowest BCUT2D eigenvalue weighted by atomic mass is 9.83. The molecule has 0 fully saturated rings. The van der Waals surface area contributed by atoms with Crippen LogP contribution in [0, 0.1) is 11.3 Å². The van der Waals surface area contributed by atoms with Gasteiger partial charge in [-0.3, -0.25) is 0 Å². The molecule has 3 rings (SSSR count). The average molecular weight is 362 g/mol. The van der Waals surface area contributed by atoms with Crippen LogP contribution in [-0.4, -0.2) is 27.2 Å². The molecule has 0 aliphatic carbocycles. The minimum atomic E-state index is -0.222. The number of fused-ring (bicyclic) bond motifs is 1. The fourth-order valence-electron chi connectivity index (χ4n) is 3.54.